The second-order valence-corrected chi connectivity index (χ2v) is 5.30. The van der Waals surface area contributed by atoms with E-state index < -0.39 is 23.1 Å². The summed E-state index contributed by atoms with van der Waals surface area (Å²) in [7, 11) is 0. The van der Waals surface area contributed by atoms with Crippen molar-refractivity contribution in [1.82, 2.24) is 9.97 Å². The molecule has 0 aromatic carbocycles. The van der Waals surface area contributed by atoms with Crippen molar-refractivity contribution >= 4 is 17.7 Å². The third kappa shape index (κ3) is 3.75. The van der Waals surface area contributed by atoms with Crippen molar-refractivity contribution in [3.63, 3.8) is 0 Å². The van der Waals surface area contributed by atoms with Gasteiger partial charge in [0.15, 0.2) is 10.9 Å². The first-order valence-electron chi connectivity index (χ1n) is 5.67. The summed E-state index contributed by atoms with van der Waals surface area (Å²) in [5.41, 5.74) is -1.20. The van der Waals surface area contributed by atoms with E-state index in [1.165, 1.54) is 25.3 Å². The van der Waals surface area contributed by atoms with Gasteiger partial charge in [0.2, 0.25) is 0 Å². The summed E-state index contributed by atoms with van der Waals surface area (Å²) < 4.78 is 43.5. The maximum absolute atomic E-state index is 12.8. The van der Waals surface area contributed by atoms with Crippen LogP contribution in [0.15, 0.2) is 34.0 Å². The summed E-state index contributed by atoms with van der Waals surface area (Å²) in [6, 6.07) is 3.73. The SMILES string of the molecule is CC(Sc1nc(-c2ccco2)cc(C(F)(F)F)n1)C(=O)O. The Kier molecular flexibility index (Phi) is 4.21. The number of nitrogens with zero attached hydrogens (tertiary/aromatic N) is 2. The number of furan rings is 1. The fourth-order valence-electron chi connectivity index (χ4n) is 1.38. The van der Waals surface area contributed by atoms with Gasteiger partial charge in [-0.25, -0.2) is 9.97 Å². The van der Waals surface area contributed by atoms with Gasteiger partial charge in [-0.05, 0) is 25.1 Å². The van der Waals surface area contributed by atoms with Gasteiger partial charge in [0.25, 0.3) is 0 Å². The number of carbonyl (C=O) groups is 1. The molecule has 112 valence electrons. The zero-order valence-corrected chi connectivity index (χ0v) is 11.4. The fraction of sp³-hybridized carbons (Fsp3) is 0.250. The minimum atomic E-state index is -4.66. The molecule has 9 heteroatoms. The monoisotopic (exact) mass is 318 g/mol. The second-order valence-electron chi connectivity index (χ2n) is 3.99. The summed E-state index contributed by atoms with van der Waals surface area (Å²) in [5, 5.41) is 7.56. The lowest BCUT2D eigenvalue weighted by Gasteiger charge is -2.10. The van der Waals surface area contributed by atoms with Crippen LogP contribution >= 0.6 is 11.8 Å². The van der Waals surface area contributed by atoms with Gasteiger partial charge in [-0.1, -0.05) is 11.8 Å². The van der Waals surface area contributed by atoms with E-state index in [1.807, 2.05) is 0 Å². The summed E-state index contributed by atoms with van der Waals surface area (Å²) >= 11 is 0.630. The molecule has 2 aromatic rings. The molecule has 1 unspecified atom stereocenters. The number of aliphatic carboxylic acids is 1. The minimum Gasteiger partial charge on any atom is -0.480 e. The molecule has 0 saturated carbocycles. The normalized spacial score (nSPS) is 13.1. The molecule has 2 aromatic heterocycles. The quantitative estimate of drug-likeness (QED) is 0.688. The number of thioether (sulfide) groups is 1. The molecule has 21 heavy (non-hydrogen) atoms. The Balaban J connectivity index is 2.45. The molecular formula is C12H9F3N2O3S. The first-order valence-corrected chi connectivity index (χ1v) is 6.55. The number of carboxylic acid groups (broad SMARTS) is 1. The molecule has 0 spiro atoms. The fourth-order valence-corrected chi connectivity index (χ4v) is 2.10. The molecule has 1 atom stereocenters. The van der Waals surface area contributed by atoms with Crippen LogP contribution in [0.25, 0.3) is 11.5 Å². The number of rotatable bonds is 4. The molecule has 2 heterocycles. The van der Waals surface area contributed by atoms with Crippen LogP contribution in [0, 0.1) is 0 Å². The van der Waals surface area contributed by atoms with Gasteiger partial charge >= 0.3 is 12.1 Å². The molecule has 0 amide bonds. The van der Waals surface area contributed by atoms with Gasteiger partial charge in [0.1, 0.15) is 16.6 Å². The van der Waals surface area contributed by atoms with Crippen molar-refractivity contribution in [3.8, 4) is 11.5 Å². The van der Waals surface area contributed by atoms with Crippen molar-refractivity contribution in [2.75, 3.05) is 0 Å². The van der Waals surface area contributed by atoms with Gasteiger partial charge in [0, 0.05) is 0 Å². The van der Waals surface area contributed by atoms with Crippen molar-refractivity contribution in [2.24, 2.45) is 0 Å². The molecule has 0 aliphatic rings. The van der Waals surface area contributed by atoms with Crippen LogP contribution in [-0.4, -0.2) is 26.3 Å². The molecular weight excluding hydrogens is 309 g/mol. The highest BCUT2D eigenvalue weighted by Crippen LogP contribution is 2.32. The van der Waals surface area contributed by atoms with Crippen LogP contribution in [-0.2, 0) is 11.0 Å². The van der Waals surface area contributed by atoms with Crippen LogP contribution in [0.4, 0.5) is 13.2 Å². The first-order chi connectivity index (χ1) is 9.77. The Morgan fingerprint density at radius 1 is 1.43 bits per heavy atom. The van der Waals surface area contributed by atoms with Gasteiger partial charge < -0.3 is 9.52 Å². The second kappa shape index (κ2) is 5.76. The van der Waals surface area contributed by atoms with Crippen molar-refractivity contribution in [1.29, 1.82) is 0 Å². The maximum Gasteiger partial charge on any atom is 0.433 e. The van der Waals surface area contributed by atoms with E-state index in [1.54, 1.807) is 0 Å². The standard InChI is InChI=1S/C12H9F3N2O3S/c1-6(10(18)19)21-11-16-7(8-3-2-4-20-8)5-9(17-11)12(13,14)15/h2-6H,1H3,(H,18,19). The summed E-state index contributed by atoms with van der Waals surface area (Å²) in [4.78, 5) is 18.0. The van der Waals surface area contributed by atoms with Crippen molar-refractivity contribution < 1.29 is 27.5 Å². The number of aromatic nitrogens is 2. The number of halogens is 3. The average Bonchev–Trinajstić information content (AvgIpc) is 2.91. The molecule has 5 nitrogen and oxygen atoms in total. The molecule has 0 aliphatic carbocycles. The molecule has 2 rings (SSSR count). The Hall–Kier alpha value is -2.03. The zero-order valence-electron chi connectivity index (χ0n) is 10.6. The summed E-state index contributed by atoms with van der Waals surface area (Å²) in [6.45, 7) is 1.34. The van der Waals surface area contributed by atoms with E-state index in [2.05, 4.69) is 9.97 Å². The molecule has 0 bridgehead atoms. The van der Waals surface area contributed by atoms with Crippen LogP contribution in [0.3, 0.4) is 0 Å². The smallest absolute Gasteiger partial charge is 0.433 e. The third-order valence-corrected chi connectivity index (χ3v) is 3.35. The summed E-state index contributed by atoms with van der Waals surface area (Å²) in [5.74, 6) is -1.02. The third-order valence-electron chi connectivity index (χ3n) is 2.40. The molecule has 1 N–H and O–H groups in total. The molecule has 0 saturated heterocycles. The van der Waals surface area contributed by atoms with E-state index in [9.17, 15) is 18.0 Å². The van der Waals surface area contributed by atoms with Gasteiger partial charge in [-0.15, -0.1) is 0 Å². The van der Waals surface area contributed by atoms with Crippen LogP contribution in [0.5, 0.6) is 0 Å². The average molecular weight is 318 g/mol. The van der Waals surface area contributed by atoms with Crippen LogP contribution < -0.4 is 0 Å². The Bertz CT molecular complexity index is 644. The highest BCUT2D eigenvalue weighted by Gasteiger charge is 2.34. The molecule has 0 radical (unpaired) electrons. The minimum absolute atomic E-state index is 0.0533. The predicted molar refractivity (Wildman–Crippen MR) is 67.7 cm³/mol. The van der Waals surface area contributed by atoms with E-state index >= 15 is 0 Å². The Labute approximate surface area is 121 Å². The van der Waals surface area contributed by atoms with Gasteiger partial charge in [-0.2, -0.15) is 13.2 Å². The zero-order chi connectivity index (χ0) is 15.6. The molecule has 0 aliphatic heterocycles. The Morgan fingerprint density at radius 2 is 2.14 bits per heavy atom. The van der Waals surface area contributed by atoms with E-state index in [-0.39, 0.29) is 16.6 Å². The van der Waals surface area contributed by atoms with E-state index in [0.29, 0.717) is 11.8 Å². The number of carboxylic acids is 1. The lowest BCUT2D eigenvalue weighted by atomic mass is 10.2. The van der Waals surface area contributed by atoms with Crippen LogP contribution in [0.2, 0.25) is 0 Å². The van der Waals surface area contributed by atoms with Gasteiger partial charge in [0.05, 0.1) is 6.26 Å². The summed E-state index contributed by atoms with van der Waals surface area (Å²) in [6.07, 6.45) is -3.36. The number of hydrogen-bond donors (Lipinski definition) is 1. The lowest BCUT2D eigenvalue weighted by molar-refractivity contribution is -0.141. The van der Waals surface area contributed by atoms with Crippen molar-refractivity contribution in [3.05, 3.63) is 30.2 Å². The first kappa shape index (κ1) is 15.4. The highest BCUT2D eigenvalue weighted by molar-refractivity contribution is 8.00. The van der Waals surface area contributed by atoms with Gasteiger partial charge in [-0.3, -0.25) is 4.79 Å². The molecule has 0 fully saturated rings. The number of alkyl halides is 3. The predicted octanol–water partition coefficient (Wildman–Crippen LogP) is 3.32. The number of hydrogen-bond acceptors (Lipinski definition) is 5. The van der Waals surface area contributed by atoms with E-state index in [0.717, 1.165) is 6.07 Å². The van der Waals surface area contributed by atoms with Crippen LogP contribution in [0.1, 0.15) is 12.6 Å². The highest BCUT2D eigenvalue weighted by atomic mass is 32.2. The van der Waals surface area contributed by atoms with Crippen molar-refractivity contribution in [2.45, 2.75) is 23.5 Å². The van der Waals surface area contributed by atoms with E-state index in [4.69, 9.17) is 9.52 Å². The maximum atomic E-state index is 12.8. The lowest BCUT2D eigenvalue weighted by Crippen LogP contribution is -2.14. The Morgan fingerprint density at radius 3 is 2.67 bits per heavy atom. The topological polar surface area (TPSA) is 76.2 Å². The largest absolute Gasteiger partial charge is 0.480 e.